The molecule has 20 heavy (non-hydrogen) atoms. The van der Waals surface area contributed by atoms with Crippen LogP contribution >= 0.6 is 0 Å². The number of carbonyl (C=O) groups excluding carboxylic acids is 1. The van der Waals surface area contributed by atoms with E-state index < -0.39 is 0 Å². The van der Waals surface area contributed by atoms with E-state index in [0.717, 1.165) is 22.1 Å². The van der Waals surface area contributed by atoms with Crippen molar-refractivity contribution in [3.05, 3.63) is 35.6 Å². The number of rotatable bonds is 4. The number of fused-ring (bicyclic) bond motifs is 1. The van der Waals surface area contributed by atoms with Crippen molar-refractivity contribution < 1.29 is 9.21 Å². The first-order valence-corrected chi connectivity index (χ1v) is 6.14. The van der Waals surface area contributed by atoms with Gasteiger partial charge in [-0.25, -0.2) is 0 Å². The molecule has 0 radical (unpaired) electrons. The number of nitrogens with zero attached hydrogens (tertiary/aromatic N) is 3. The molecule has 0 aliphatic heterocycles. The molecule has 1 amide bonds. The predicted octanol–water partition coefficient (Wildman–Crippen LogP) is 2.16. The SMILES string of the molecule is Cc1ccc2occ(CC(=O)N(CC#N)CC#N)c2c1. The average molecular weight is 267 g/mol. The molecule has 2 rings (SSSR count). The van der Waals surface area contributed by atoms with Crippen molar-refractivity contribution in [2.75, 3.05) is 13.1 Å². The van der Waals surface area contributed by atoms with Gasteiger partial charge in [-0.05, 0) is 19.1 Å². The van der Waals surface area contributed by atoms with Crippen molar-refractivity contribution in [2.24, 2.45) is 0 Å². The van der Waals surface area contributed by atoms with E-state index in [1.165, 1.54) is 4.90 Å². The van der Waals surface area contributed by atoms with Gasteiger partial charge in [-0.3, -0.25) is 4.79 Å². The molecule has 0 saturated heterocycles. The molecule has 0 N–H and O–H groups in total. The minimum absolute atomic E-state index is 0.0821. The van der Waals surface area contributed by atoms with Gasteiger partial charge in [0.1, 0.15) is 18.7 Å². The minimum Gasteiger partial charge on any atom is -0.464 e. The third-order valence-electron chi connectivity index (χ3n) is 3.03. The highest BCUT2D eigenvalue weighted by molar-refractivity contribution is 5.88. The molecular weight excluding hydrogens is 254 g/mol. The fraction of sp³-hybridized carbons (Fsp3) is 0.267. The number of hydrogen-bond acceptors (Lipinski definition) is 4. The lowest BCUT2D eigenvalue weighted by Gasteiger charge is -2.15. The fourth-order valence-electron chi connectivity index (χ4n) is 2.01. The van der Waals surface area contributed by atoms with Crippen molar-refractivity contribution in [1.82, 2.24) is 4.90 Å². The monoisotopic (exact) mass is 267 g/mol. The number of amides is 1. The lowest BCUT2D eigenvalue weighted by atomic mass is 10.1. The second-order valence-electron chi connectivity index (χ2n) is 4.50. The number of nitriles is 2. The average Bonchev–Trinajstić information content (AvgIpc) is 2.81. The molecule has 100 valence electrons. The van der Waals surface area contributed by atoms with Crippen molar-refractivity contribution in [2.45, 2.75) is 13.3 Å². The molecule has 5 nitrogen and oxygen atoms in total. The van der Waals surface area contributed by atoms with Crippen LogP contribution in [0.1, 0.15) is 11.1 Å². The normalized spacial score (nSPS) is 9.95. The van der Waals surface area contributed by atoms with E-state index in [2.05, 4.69) is 0 Å². The molecular formula is C15H13N3O2. The number of aryl methyl sites for hydroxylation is 1. The molecule has 0 spiro atoms. The summed E-state index contributed by atoms with van der Waals surface area (Å²) in [5, 5.41) is 18.2. The molecule has 0 unspecified atom stereocenters. The quantitative estimate of drug-likeness (QED) is 0.795. The highest BCUT2D eigenvalue weighted by Crippen LogP contribution is 2.23. The molecule has 1 aromatic heterocycles. The number of hydrogen-bond donors (Lipinski definition) is 0. The van der Waals surface area contributed by atoms with Crippen LogP contribution in [-0.2, 0) is 11.2 Å². The highest BCUT2D eigenvalue weighted by atomic mass is 16.3. The maximum Gasteiger partial charge on any atom is 0.228 e. The molecule has 0 aliphatic carbocycles. The zero-order valence-electron chi connectivity index (χ0n) is 11.1. The Bertz CT molecular complexity index is 703. The molecule has 5 heteroatoms. The maximum absolute atomic E-state index is 12.1. The van der Waals surface area contributed by atoms with E-state index in [1.807, 2.05) is 37.3 Å². The Labute approximate surface area is 116 Å². The number of carbonyl (C=O) groups is 1. The molecule has 0 saturated carbocycles. The van der Waals surface area contributed by atoms with E-state index in [4.69, 9.17) is 14.9 Å². The van der Waals surface area contributed by atoms with Crippen LogP contribution in [0.2, 0.25) is 0 Å². The Kier molecular flexibility index (Phi) is 4.02. The van der Waals surface area contributed by atoms with Gasteiger partial charge in [-0.15, -0.1) is 0 Å². The van der Waals surface area contributed by atoms with Gasteiger partial charge in [0.25, 0.3) is 0 Å². The Morgan fingerprint density at radius 2 is 2.00 bits per heavy atom. The largest absolute Gasteiger partial charge is 0.464 e. The van der Waals surface area contributed by atoms with Gasteiger partial charge in [0.15, 0.2) is 0 Å². The van der Waals surface area contributed by atoms with Crippen LogP contribution in [0.3, 0.4) is 0 Å². The zero-order chi connectivity index (χ0) is 14.5. The van der Waals surface area contributed by atoms with E-state index in [0.29, 0.717) is 0 Å². The smallest absolute Gasteiger partial charge is 0.228 e. The van der Waals surface area contributed by atoms with Gasteiger partial charge in [-0.2, -0.15) is 10.5 Å². The third kappa shape index (κ3) is 2.78. The van der Waals surface area contributed by atoms with Gasteiger partial charge in [0, 0.05) is 10.9 Å². The summed E-state index contributed by atoms with van der Waals surface area (Å²) in [5.74, 6) is -0.252. The summed E-state index contributed by atoms with van der Waals surface area (Å²) in [4.78, 5) is 13.3. The third-order valence-corrected chi connectivity index (χ3v) is 3.03. The van der Waals surface area contributed by atoms with E-state index in [1.54, 1.807) is 6.26 Å². The van der Waals surface area contributed by atoms with Gasteiger partial charge >= 0.3 is 0 Å². The Hall–Kier alpha value is -2.79. The number of furan rings is 1. The van der Waals surface area contributed by atoms with Gasteiger partial charge in [-0.1, -0.05) is 11.6 Å². The Balaban J connectivity index is 2.23. The molecule has 0 fully saturated rings. The molecule has 1 aromatic carbocycles. The molecule has 0 aliphatic rings. The fourth-order valence-corrected chi connectivity index (χ4v) is 2.01. The van der Waals surface area contributed by atoms with Crippen molar-refractivity contribution >= 4 is 16.9 Å². The van der Waals surface area contributed by atoms with Crippen molar-refractivity contribution in [1.29, 1.82) is 10.5 Å². The van der Waals surface area contributed by atoms with Crippen LogP contribution in [0.15, 0.2) is 28.9 Å². The standard InChI is InChI=1S/C15H13N3O2/c1-11-2-3-14-13(8-11)12(10-20-14)9-15(19)18(6-4-16)7-5-17/h2-3,8,10H,6-7,9H2,1H3. The first-order chi connectivity index (χ1) is 9.65. The predicted molar refractivity (Wildman–Crippen MR) is 72.5 cm³/mol. The van der Waals surface area contributed by atoms with E-state index in [-0.39, 0.29) is 25.4 Å². The summed E-state index contributed by atoms with van der Waals surface area (Å²) >= 11 is 0. The minimum atomic E-state index is -0.252. The number of benzene rings is 1. The van der Waals surface area contributed by atoms with Crippen LogP contribution in [-0.4, -0.2) is 23.9 Å². The first kappa shape index (κ1) is 13.6. The van der Waals surface area contributed by atoms with Crippen LogP contribution in [0, 0.1) is 29.6 Å². The summed E-state index contributed by atoms with van der Waals surface area (Å²) in [6.45, 7) is 1.80. The summed E-state index contributed by atoms with van der Waals surface area (Å²) in [6, 6.07) is 9.54. The van der Waals surface area contributed by atoms with E-state index in [9.17, 15) is 4.79 Å². The second kappa shape index (κ2) is 5.90. The summed E-state index contributed by atoms with van der Waals surface area (Å²) < 4.78 is 5.40. The molecule has 0 atom stereocenters. The van der Waals surface area contributed by atoms with Gasteiger partial charge < -0.3 is 9.32 Å². The highest BCUT2D eigenvalue weighted by Gasteiger charge is 2.16. The molecule has 1 heterocycles. The lowest BCUT2D eigenvalue weighted by Crippen LogP contribution is -2.32. The topological polar surface area (TPSA) is 81.0 Å². The Morgan fingerprint density at radius 1 is 1.30 bits per heavy atom. The lowest BCUT2D eigenvalue weighted by molar-refractivity contribution is -0.129. The van der Waals surface area contributed by atoms with Crippen LogP contribution in [0.25, 0.3) is 11.0 Å². The van der Waals surface area contributed by atoms with Crippen molar-refractivity contribution in [3.63, 3.8) is 0 Å². The summed E-state index contributed by atoms with van der Waals surface area (Å²) in [5.41, 5.74) is 2.58. The summed E-state index contributed by atoms with van der Waals surface area (Å²) in [7, 11) is 0. The molecule has 2 aromatic rings. The van der Waals surface area contributed by atoms with Gasteiger partial charge in [0.05, 0.1) is 24.8 Å². The van der Waals surface area contributed by atoms with Crippen LogP contribution in [0.4, 0.5) is 0 Å². The Morgan fingerprint density at radius 3 is 2.65 bits per heavy atom. The summed E-state index contributed by atoms with van der Waals surface area (Å²) in [6.07, 6.45) is 1.68. The van der Waals surface area contributed by atoms with Crippen LogP contribution in [0.5, 0.6) is 0 Å². The van der Waals surface area contributed by atoms with Crippen molar-refractivity contribution in [3.8, 4) is 12.1 Å². The zero-order valence-corrected chi connectivity index (χ0v) is 11.1. The van der Waals surface area contributed by atoms with E-state index >= 15 is 0 Å². The molecule has 0 bridgehead atoms. The maximum atomic E-state index is 12.1. The van der Waals surface area contributed by atoms with Crippen LogP contribution < -0.4 is 0 Å². The second-order valence-corrected chi connectivity index (χ2v) is 4.50. The van der Waals surface area contributed by atoms with Gasteiger partial charge in [0.2, 0.25) is 5.91 Å². The first-order valence-electron chi connectivity index (χ1n) is 6.14.